The summed E-state index contributed by atoms with van der Waals surface area (Å²) in [6, 6.07) is 22.3. The molecule has 2 N–H and O–H groups in total. The van der Waals surface area contributed by atoms with Gasteiger partial charge in [0.05, 0.1) is 0 Å². The lowest BCUT2D eigenvalue weighted by atomic mass is 9.82. The van der Waals surface area contributed by atoms with Crippen molar-refractivity contribution in [2.45, 2.75) is 39.3 Å². The Morgan fingerprint density at radius 3 is 2.33 bits per heavy atom. The van der Waals surface area contributed by atoms with Crippen LogP contribution in [0.2, 0.25) is 0 Å². The van der Waals surface area contributed by atoms with Crippen molar-refractivity contribution in [2.75, 3.05) is 10.2 Å². The molecule has 4 rings (SSSR count). The highest BCUT2D eigenvalue weighted by Crippen LogP contribution is 2.36. The number of anilines is 2. The van der Waals surface area contributed by atoms with Gasteiger partial charge in [-0.2, -0.15) is 0 Å². The Hall–Kier alpha value is -3.93. The zero-order chi connectivity index (χ0) is 23.6. The minimum absolute atomic E-state index is 0.175. The monoisotopic (exact) mass is 441 g/mol. The number of nitrogens with zero attached hydrogens (tertiary/aromatic N) is 1. The number of amides is 3. The van der Waals surface area contributed by atoms with Gasteiger partial charge in [-0.3, -0.25) is 19.3 Å². The van der Waals surface area contributed by atoms with Gasteiger partial charge in [0, 0.05) is 36.8 Å². The molecule has 33 heavy (non-hydrogen) atoms. The number of rotatable bonds is 5. The van der Waals surface area contributed by atoms with E-state index in [1.54, 1.807) is 42.2 Å². The highest BCUT2D eigenvalue weighted by molar-refractivity contribution is 6.14. The highest BCUT2D eigenvalue weighted by atomic mass is 16.2. The van der Waals surface area contributed by atoms with Gasteiger partial charge >= 0.3 is 0 Å². The molecule has 1 heterocycles. The molecule has 0 aliphatic carbocycles. The summed E-state index contributed by atoms with van der Waals surface area (Å²) in [7, 11) is 0. The molecule has 3 amide bonds. The molecule has 6 nitrogen and oxygen atoms in total. The summed E-state index contributed by atoms with van der Waals surface area (Å²) in [4.78, 5) is 40.1. The molecule has 0 aromatic heterocycles. The molecule has 1 aliphatic rings. The van der Waals surface area contributed by atoms with E-state index in [4.69, 9.17) is 0 Å². The SMILES string of the molecule is CC(=O)Nc1ccc(N2C(=O)c3ccccc3C[C@]2(C)C(=O)NCc2ccccc2C)cc1. The van der Waals surface area contributed by atoms with Crippen molar-refractivity contribution in [1.82, 2.24) is 5.32 Å². The summed E-state index contributed by atoms with van der Waals surface area (Å²) in [5, 5.41) is 5.78. The molecule has 0 saturated heterocycles. The van der Waals surface area contributed by atoms with Crippen LogP contribution in [0.5, 0.6) is 0 Å². The molecule has 0 saturated carbocycles. The van der Waals surface area contributed by atoms with Gasteiger partial charge in [-0.05, 0) is 60.9 Å². The molecule has 6 heteroatoms. The maximum atomic E-state index is 13.6. The Balaban J connectivity index is 1.69. The maximum Gasteiger partial charge on any atom is 0.259 e. The van der Waals surface area contributed by atoms with Crippen molar-refractivity contribution >= 4 is 29.1 Å². The zero-order valence-electron chi connectivity index (χ0n) is 19.0. The van der Waals surface area contributed by atoms with E-state index in [-0.39, 0.29) is 17.7 Å². The van der Waals surface area contributed by atoms with Gasteiger partial charge in [-0.25, -0.2) is 0 Å². The van der Waals surface area contributed by atoms with Gasteiger partial charge in [0.15, 0.2) is 0 Å². The minimum atomic E-state index is -1.12. The van der Waals surface area contributed by atoms with Crippen LogP contribution in [0.4, 0.5) is 11.4 Å². The first kappa shape index (κ1) is 22.3. The third-order valence-electron chi connectivity index (χ3n) is 6.11. The van der Waals surface area contributed by atoms with E-state index in [1.807, 2.05) is 49.4 Å². The lowest BCUT2D eigenvalue weighted by molar-refractivity contribution is -0.126. The minimum Gasteiger partial charge on any atom is -0.350 e. The Kier molecular flexibility index (Phi) is 6.01. The first-order chi connectivity index (χ1) is 15.8. The van der Waals surface area contributed by atoms with Gasteiger partial charge in [-0.15, -0.1) is 0 Å². The Labute approximate surface area is 193 Å². The molecular weight excluding hydrogens is 414 g/mol. The number of nitrogens with one attached hydrogen (secondary N) is 2. The van der Waals surface area contributed by atoms with E-state index in [9.17, 15) is 14.4 Å². The molecule has 0 spiro atoms. The van der Waals surface area contributed by atoms with Crippen LogP contribution < -0.4 is 15.5 Å². The standard InChI is InChI=1S/C27H27N3O3/c1-18-8-4-5-10-21(18)17-28-26(33)27(3)16-20-9-6-7-11-24(20)25(32)30(27)23-14-12-22(13-15-23)29-19(2)31/h4-15H,16-17H2,1-3H3,(H,28,33)(H,29,31)/t27-/m1/s1. The van der Waals surface area contributed by atoms with E-state index >= 15 is 0 Å². The average molecular weight is 442 g/mol. The number of carbonyl (C=O) groups is 3. The molecule has 3 aromatic carbocycles. The van der Waals surface area contributed by atoms with Crippen LogP contribution >= 0.6 is 0 Å². The number of fused-ring (bicyclic) bond motifs is 1. The Bertz CT molecular complexity index is 1220. The lowest BCUT2D eigenvalue weighted by Gasteiger charge is -2.44. The third kappa shape index (κ3) is 4.37. The van der Waals surface area contributed by atoms with Gasteiger partial charge in [0.2, 0.25) is 11.8 Å². The van der Waals surface area contributed by atoms with Crippen molar-refractivity contribution in [3.8, 4) is 0 Å². The fourth-order valence-electron chi connectivity index (χ4n) is 4.33. The highest BCUT2D eigenvalue weighted by Gasteiger charge is 2.47. The maximum absolute atomic E-state index is 13.6. The van der Waals surface area contributed by atoms with Crippen LogP contribution in [0.25, 0.3) is 0 Å². The number of hydrogen-bond acceptors (Lipinski definition) is 3. The summed E-state index contributed by atoms with van der Waals surface area (Å²) in [6.45, 7) is 5.63. The van der Waals surface area contributed by atoms with E-state index in [0.717, 1.165) is 16.7 Å². The first-order valence-corrected chi connectivity index (χ1v) is 10.9. The summed E-state index contributed by atoms with van der Waals surface area (Å²) in [5.41, 5.74) is 3.67. The van der Waals surface area contributed by atoms with Crippen LogP contribution in [-0.2, 0) is 22.6 Å². The number of aryl methyl sites for hydroxylation is 1. The van der Waals surface area contributed by atoms with Crippen LogP contribution in [0.15, 0.2) is 72.8 Å². The normalized spacial score (nSPS) is 17.3. The van der Waals surface area contributed by atoms with Crippen molar-refractivity contribution < 1.29 is 14.4 Å². The van der Waals surface area contributed by atoms with Crippen LogP contribution in [0.3, 0.4) is 0 Å². The van der Waals surface area contributed by atoms with Gasteiger partial charge in [0.25, 0.3) is 5.91 Å². The zero-order valence-corrected chi connectivity index (χ0v) is 19.0. The van der Waals surface area contributed by atoms with Crippen molar-refractivity contribution in [3.63, 3.8) is 0 Å². The van der Waals surface area contributed by atoms with Crippen molar-refractivity contribution in [1.29, 1.82) is 0 Å². The van der Waals surface area contributed by atoms with E-state index < -0.39 is 5.54 Å². The number of hydrogen-bond donors (Lipinski definition) is 2. The molecule has 1 atom stereocenters. The van der Waals surface area contributed by atoms with Gasteiger partial charge in [-0.1, -0.05) is 42.5 Å². The van der Waals surface area contributed by atoms with Crippen molar-refractivity contribution in [2.24, 2.45) is 0 Å². The topological polar surface area (TPSA) is 78.5 Å². The van der Waals surface area contributed by atoms with E-state index in [2.05, 4.69) is 10.6 Å². The molecule has 168 valence electrons. The molecular formula is C27H27N3O3. The largest absolute Gasteiger partial charge is 0.350 e. The van der Waals surface area contributed by atoms with Crippen LogP contribution in [0.1, 0.15) is 40.9 Å². The first-order valence-electron chi connectivity index (χ1n) is 10.9. The quantitative estimate of drug-likeness (QED) is 0.622. The van der Waals surface area contributed by atoms with Gasteiger partial charge < -0.3 is 10.6 Å². The Morgan fingerprint density at radius 1 is 0.970 bits per heavy atom. The molecule has 0 fully saturated rings. The summed E-state index contributed by atoms with van der Waals surface area (Å²) in [6.07, 6.45) is 0.391. The Morgan fingerprint density at radius 2 is 1.64 bits per heavy atom. The summed E-state index contributed by atoms with van der Waals surface area (Å²) in [5.74, 6) is -0.622. The number of benzene rings is 3. The second-order valence-corrected chi connectivity index (χ2v) is 8.59. The second kappa shape index (κ2) is 8.90. The number of carbonyl (C=O) groups excluding carboxylic acids is 3. The lowest BCUT2D eigenvalue weighted by Crippen LogP contribution is -2.63. The average Bonchev–Trinajstić information content (AvgIpc) is 2.79. The molecule has 3 aromatic rings. The molecule has 0 unspecified atom stereocenters. The van der Waals surface area contributed by atoms with E-state index in [0.29, 0.717) is 29.9 Å². The third-order valence-corrected chi connectivity index (χ3v) is 6.11. The second-order valence-electron chi connectivity index (χ2n) is 8.59. The summed E-state index contributed by atoms with van der Waals surface area (Å²) < 4.78 is 0. The molecule has 1 aliphatic heterocycles. The smallest absolute Gasteiger partial charge is 0.259 e. The molecule has 0 bridgehead atoms. The van der Waals surface area contributed by atoms with E-state index in [1.165, 1.54) is 6.92 Å². The fourth-order valence-corrected chi connectivity index (χ4v) is 4.33. The van der Waals surface area contributed by atoms with Crippen molar-refractivity contribution in [3.05, 3.63) is 95.1 Å². The van der Waals surface area contributed by atoms with Gasteiger partial charge in [0.1, 0.15) is 5.54 Å². The van der Waals surface area contributed by atoms with Crippen LogP contribution in [0, 0.1) is 6.92 Å². The predicted octanol–water partition coefficient (Wildman–Crippen LogP) is 4.23. The van der Waals surface area contributed by atoms with Crippen LogP contribution in [-0.4, -0.2) is 23.3 Å². The molecule has 0 radical (unpaired) electrons. The fraction of sp³-hybridized carbons (Fsp3) is 0.222. The predicted molar refractivity (Wildman–Crippen MR) is 129 cm³/mol. The summed E-state index contributed by atoms with van der Waals surface area (Å²) >= 11 is 0.